The molecule has 0 spiro atoms. The number of rotatable bonds is 8. The fraction of sp³-hybridized carbons (Fsp3) is 0.682. The second-order valence-electron chi connectivity index (χ2n) is 8.62. The van der Waals surface area contributed by atoms with Gasteiger partial charge in [0, 0.05) is 32.4 Å². The molecule has 1 aliphatic carbocycles. The summed E-state index contributed by atoms with van der Waals surface area (Å²) in [7, 11) is 1.61. The number of carbonyl (C=O) groups is 1. The zero-order valence-corrected chi connectivity index (χ0v) is 17.2. The van der Waals surface area contributed by atoms with Crippen molar-refractivity contribution in [3.05, 3.63) is 24.3 Å². The summed E-state index contributed by atoms with van der Waals surface area (Å²) in [4.78, 5) is 15.1. The lowest BCUT2D eigenvalue weighted by atomic mass is 9.92. The molecule has 1 saturated heterocycles. The summed E-state index contributed by atoms with van der Waals surface area (Å²) in [6.07, 6.45) is 3.44. The van der Waals surface area contributed by atoms with Gasteiger partial charge in [0.15, 0.2) is 0 Å². The molecule has 150 valence electrons. The Morgan fingerprint density at radius 3 is 2.37 bits per heavy atom. The molecule has 1 N–H and O–H groups in total. The number of hydrogen-bond donors (Lipinski definition) is 1. The van der Waals surface area contributed by atoms with E-state index in [1.54, 1.807) is 7.11 Å². The predicted molar refractivity (Wildman–Crippen MR) is 108 cm³/mol. The first kappa shape index (κ1) is 20.2. The SMILES string of the molecule is CO[C@](C)(C(=O)Nc1ccc(OCCN2C[C@@H](C)C[C@H](C)C2)cc1)C1CC1. The number of piperidine rings is 1. The fourth-order valence-corrected chi connectivity index (χ4v) is 4.24. The molecule has 3 rings (SSSR count). The quantitative estimate of drug-likeness (QED) is 0.752. The first-order valence-corrected chi connectivity index (χ1v) is 10.2. The molecule has 1 amide bonds. The van der Waals surface area contributed by atoms with Gasteiger partial charge in [0.25, 0.3) is 5.91 Å². The van der Waals surface area contributed by atoms with Crippen LogP contribution in [0.4, 0.5) is 5.69 Å². The minimum Gasteiger partial charge on any atom is -0.492 e. The van der Waals surface area contributed by atoms with Gasteiger partial charge >= 0.3 is 0 Å². The largest absolute Gasteiger partial charge is 0.492 e. The van der Waals surface area contributed by atoms with Crippen molar-refractivity contribution in [3.63, 3.8) is 0 Å². The van der Waals surface area contributed by atoms with Gasteiger partial charge in [0.05, 0.1) is 0 Å². The van der Waals surface area contributed by atoms with Crippen LogP contribution < -0.4 is 10.1 Å². The topological polar surface area (TPSA) is 50.8 Å². The van der Waals surface area contributed by atoms with Crippen LogP contribution in [0.3, 0.4) is 0 Å². The molecule has 1 saturated carbocycles. The number of nitrogens with one attached hydrogen (secondary N) is 1. The van der Waals surface area contributed by atoms with Crippen LogP contribution in [0, 0.1) is 17.8 Å². The standard InChI is InChI=1S/C22H34N2O3/c1-16-13-17(2)15-24(14-16)11-12-27-20-9-7-19(8-10-20)23-21(25)22(3,26-4)18-5-6-18/h7-10,16-18H,5-6,11-15H2,1-4H3,(H,23,25)/t16-,17-,22-/m0/s1. The lowest BCUT2D eigenvalue weighted by molar-refractivity contribution is -0.138. The van der Waals surface area contributed by atoms with Crippen molar-refractivity contribution in [2.45, 2.75) is 45.6 Å². The van der Waals surface area contributed by atoms with Crippen LogP contribution in [-0.2, 0) is 9.53 Å². The highest BCUT2D eigenvalue weighted by Gasteiger charge is 2.47. The van der Waals surface area contributed by atoms with Gasteiger partial charge in [-0.3, -0.25) is 9.69 Å². The Hall–Kier alpha value is -1.59. The highest BCUT2D eigenvalue weighted by molar-refractivity contribution is 5.97. The van der Waals surface area contributed by atoms with E-state index in [4.69, 9.17) is 9.47 Å². The summed E-state index contributed by atoms with van der Waals surface area (Å²) in [6, 6.07) is 7.61. The lowest BCUT2D eigenvalue weighted by Crippen LogP contribution is -2.44. The summed E-state index contributed by atoms with van der Waals surface area (Å²) in [6.45, 7) is 10.5. The highest BCUT2D eigenvalue weighted by atomic mass is 16.5. The maximum absolute atomic E-state index is 12.6. The second kappa shape index (κ2) is 8.61. The second-order valence-corrected chi connectivity index (χ2v) is 8.62. The van der Waals surface area contributed by atoms with Crippen molar-refractivity contribution < 1.29 is 14.3 Å². The number of carbonyl (C=O) groups excluding carboxylic acids is 1. The monoisotopic (exact) mass is 374 g/mol. The van der Waals surface area contributed by atoms with Gasteiger partial charge in [-0.2, -0.15) is 0 Å². The van der Waals surface area contributed by atoms with Gasteiger partial charge in [-0.1, -0.05) is 13.8 Å². The smallest absolute Gasteiger partial charge is 0.256 e. The molecule has 1 aliphatic heterocycles. The lowest BCUT2D eigenvalue weighted by Gasteiger charge is -2.34. The molecule has 1 aromatic rings. The third-order valence-electron chi connectivity index (χ3n) is 5.96. The van der Waals surface area contributed by atoms with Crippen molar-refractivity contribution in [2.75, 3.05) is 38.7 Å². The van der Waals surface area contributed by atoms with Crippen LogP contribution in [0.5, 0.6) is 5.75 Å². The summed E-state index contributed by atoms with van der Waals surface area (Å²) < 4.78 is 11.4. The molecule has 0 radical (unpaired) electrons. The van der Waals surface area contributed by atoms with Crippen molar-refractivity contribution in [2.24, 2.45) is 17.8 Å². The molecule has 2 fully saturated rings. The zero-order chi connectivity index (χ0) is 19.4. The van der Waals surface area contributed by atoms with E-state index in [1.165, 1.54) is 6.42 Å². The normalized spacial score (nSPS) is 25.6. The van der Waals surface area contributed by atoms with Crippen LogP contribution in [0.25, 0.3) is 0 Å². The molecule has 3 atom stereocenters. The Balaban J connectivity index is 1.45. The summed E-state index contributed by atoms with van der Waals surface area (Å²) in [5.41, 5.74) is 0.0349. The van der Waals surface area contributed by atoms with E-state index < -0.39 is 5.60 Å². The van der Waals surface area contributed by atoms with Gasteiger partial charge in [-0.15, -0.1) is 0 Å². The van der Waals surface area contributed by atoms with Crippen molar-refractivity contribution in [1.29, 1.82) is 0 Å². The van der Waals surface area contributed by atoms with E-state index in [0.717, 1.165) is 55.7 Å². The van der Waals surface area contributed by atoms with E-state index in [2.05, 4.69) is 24.1 Å². The zero-order valence-electron chi connectivity index (χ0n) is 17.2. The molecule has 1 heterocycles. The minimum absolute atomic E-state index is 0.0745. The molecule has 0 aromatic heterocycles. The van der Waals surface area contributed by atoms with Gasteiger partial charge in [-0.25, -0.2) is 0 Å². The maximum Gasteiger partial charge on any atom is 0.256 e. The summed E-state index contributed by atoms with van der Waals surface area (Å²) in [5.74, 6) is 2.62. The minimum atomic E-state index is -0.738. The van der Waals surface area contributed by atoms with E-state index in [-0.39, 0.29) is 5.91 Å². The molecule has 0 unspecified atom stereocenters. The number of nitrogens with zero attached hydrogens (tertiary/aromatic N) is 1. The Morgan fingerprint density at radius 1 is 1.19 bits per heavy atom. The van der Waals surface area contributed by atoms with Crippen LogP contribution >= 0.6 is 0 Å². The maximum atomic E-state index is 12.6. The van der Waals surface area contributed by atoms with Crippen LogP contribution in [0.15, 0.2) is 24.3 Å². The molecule has 27 heavy (non-hydrogen) atoms. The predicted octanol–water partition coefficient (Wildman–Crippen LogP) is 3.80. The Labute approximate surface area is 163 Å². The highest BCUT2D eigenvalue weighted by Crippen LogP contribution is 2.42. The number of benzene rings is 1. The molecule has 5 heteroatoms. The van der Waals surface area contributed by atoms with E-state index in [1.807, 2.05) is 31.2 Å². The van der Waals surface area contributed by atoms with Crippen molar-refractivity contribution >= 4 is 11.6 Å². The third kappa shape index (κ3) is 5.23. The van der Waals surface area contributed by atoms with Crippen LogP contribution in [-0.4, -0.2) is 49.8 Å². The molecule has 5 nitrogen and oxygen atoms in total. The van der Waals surface area contributed by atoms with E-state index in [0.29, 0.717) is 12.5 Å². The molecule has 0 bridgehead atoms. The average molecular weight is 375 g/mol. The average Bonchev–Trinajstić information content (AvgIpc) is 3.47. The number of ether oxygens (including phenoxy) is 2. The van der Waals surface area contributed by atoms with Gasteiger partial charge < -0.3 is 14.8 Å². The number of hydrogen-bond acceptors (Lipinski definition) is 4. The number of methoxy groups -OCH3 is 1. The summed E-state index contributed by atoms with van der Waals surface area (Å²) in [5, 5.41) is 2.97. The fourth-order valence-electron chi connectivity index (χ4n) is 4.24. The number of amides is 1. The van der Waals surface area contributed by atoms with Crippen molar-refractivity contribution in [1.82, 2.24) is 4.90 Å². The first-order valence-electron chi connectivity index (χ1n) is 10.2. The Kier molecular flexibility index (Phi) is 6.43. The van der Waals surface area contributed by atoms with Gasteiger partial charge in [0.2, 0.25) is 0 Å². The first-order chi connectivity index (χ1) is 12.9. The number of likely N-dealkylation sites (tertiary alicyclic amines) is 1. The summed E-state index contributed by atoms with van der Waals surface area (Å²) >= 11 is 0. The Bertz CT molecular complexity index is 619. The van der Waals surface area contributed by atoms with Gasteiger partial charge in [-0.05, 0) is 68.2 Å². The van der Waals surface area contributed by atoms with E-state index in [9.17, 15) is 4.79 Å². The number of anilines is 1. The van der Waals surface area contributed by atoms with Crippen molar-refractivity contribution in [3.8, 4) is 5.75 Å². The molecular formula is C22H34N2O3. The molecule has 1 aromatic carbocycles. The van der Waals surface area contributed by atoms with Gasteiger partial charge in [0.1, 0.15) is 18.0 Å². The molecule has 2 aliphatic rings. The van der Waals surface area contributed by atoms with Crippen LogP contribution in [0.2, 0.25) is 0 Å². The van der Waals surface area contributed by atoms with Crippen LogP contribution in [0.1, 0.15) is 40.0 Å². The van der Waals surface area contributed by atoms with E-state index >= 15 is 0 Å². The Morgan fingerprint density at radius 2 is 1.81 bits per heavy atom. The third-order valence-corrected chi connectivity index (χ3v) is 5.96. The molecular weight excluding hydrogens is 340 g/mol.